The quantitative estimate of drug-likeness (QED) is 0.531. The highest BCUT2D eigenvalue weighted by Gasteiger charge is 1.99. The van der Waals surface area contributed by atoms with Crippen LogP contribution in [0.4, 0.5) is 0 Å². The van der Waals surface area contributed by atoms with Gasteiger partial charge in [-0.15, -0.1) is 0 Å². The molecule has 2 N–H and O–H groups in total. The summed E-state index contributed by atoms with van der Waals surface area (Å²) in [5, 5.41) is 1.70. The molecule has 0 saturated heterocycles. The van der Waals surface area contributed by atoms with Gasteiger partial charge in [0.15, 0.2) is 0 Å². The molecule has 1 aromatic carbocycles. The molecule has 2 heteroatoms. The second kappa shape index (κ2) is 3.70. The molecule has 0 amide bonds. The van der Waals surface area contributed by atoms with Gasteiger partial charge in [0, 0.05) is 13.6 Å². The first-order valence-electron chi connectivity index (χ1n) is 4.11. The van der Waals surface area contributed by atoms with Crippen LogP contribution in [0.3, 0.4) is 0 Å². The maximum absolute atomic E-state index is 5.58. The van der Waals surface area contributed by atoms with Gasteiger partial charge >= 0.3 is 0 Å². The lowest BCUT2D eigenvalue weighted by Crippen LogP contribution is -2.25. The number of hydrazine groups is 1. The van der Waals surface area contributed by atoms with Gasteiger partial charge in [0.25, 0.3) is 0 Å². The molecule has 0 aliphatic rings. The van der Waals surface area contributed by atoms with Crippen molar-refractivity contribution in [2.45, 2.75) is 20.4 Å². The molecule has 0 aliphatic heterocycles. The van der Waals surface area contributed by atoms with Crippen molar-refractivity contribution in [2.24, 2.45) is 5.84 Å². The second-order valence-electron chi connectivity index (χ2n) is 3.35. The first-order chi connectivity index (χ1) is 5.59. The van der Waals surface area contributed by atoms with Crippen LogP contribution in [0.1, 0.15) is 16.7 Å². The Morgan fingerprint density at radius 1 is 1.33 bits per heavy atom. The third-order valence-corrected chi connectivity index (χ3v) is 1.92. The van der Waals surface area contributed by atoms with Crippen LogP contribution in [-0.4, -0.2) is 12.1 Å². The van der Waals surface area contributed by atoms with Crippen molar-refractivity contribution in [1.29, 1.82) is 0 Å². The Kier molecular flexibility index (Phi) is 2.84. The molecule has 2 nitrogen and oxygen atoms in total. The average Bonchev–Trinajstić information content (AvgIpc) is 1.96. The first kappa shape index (κ1) is 9.23. The van der Waals surface area contributed by atoms with Gasteiger partial charge in [-0.1, -0.05) is 23.8 Å². The smallest absolute Gasteiger partial charge is 0.0378 e. The van der Waals surface area contributed by atoms with Crippen LogP contribution < -0.4 is 5.84 Å². The van der Waals surface area contributed by atoms with Crippen LogP contribution >= 0.6 is 0 Å². The molecule has 0 saturated carbocycles. The summed E-state index contributed by atoms with van der Waals surface area (Å²) in [4.78, 5) is 0. The number of hydrogen-bond acceptors (Lipinski definition) is 2. The van der Waals surface area contributed by atoms with E-state index in [9.17, 15) is 0 Å². The van der Waals surface area contributed by atoms with Crippen LogP contribution in [0, 0.1) is 13.8 Å². The van der Waals surface area contributed by atoms with Gasteiger partial charge in [0.2, 0.25) is 0 Å². The topological polar surface area (TPSA) is 29.3 Å². The Labute approximate surface area is 74.0 Å². The standard InChI is InChI=1S/C10H16N2/c1-8-4-5-9(2)10(6-8)7-12(3)11/h4-6H,7,11H2,1-3H3. The Morgan fingerprint density at radius 3 is 2.58 bits per heavy atom. The molecule has 0 spiro atoms. The largest absolute Gasteiger partial charge is 0.269 e. The summed E-state index contributed by atoms with van der Waals surface area (Å²) in [7, 11) is 1.88. The third kappa shape index (κ3) is 2.32. The lowest BCUT2D eigenvalue weighted by atomic mass is 10.1. The van der Waals surface area contributed by atoms with Crippen molar-refractivity contribution in [2.75, 3.05) is 7.05 Å². The molecule has 0 unspecified atom stereocenters. The van der Waals surface area contributed by atoms with Crippen molar-refractivity contribution in [1.82, 2.24) is 5.01 Å². The monoisotopic (exact) mass is 164 g/mol. The number of nitrogens with two attached hydrogens (primary N) is 1. The van der Waals surface area contributed by atoms with Crippen LogP contribution in [0.15, 0.2) is 18.2 Å². The molecule has 1 aromatic rings. The summed E-state index contributed by atoms with van der Waals surface area (Å²) < 4.78 is 0. The number of rotatable bonds is 2. The zero-order valence-electron chi connectivity index (χ0n) is 7.96. The number of nitrogens with zero attached hydrogens (tertiary/aromatic N) is 1. The van der Waals surface area contributed by atoms with E-state index in [2.05, 4.69) is 32.0 Å². The molecule has 0 aliphatic carbocycles. The zero-order chi connectivity index (χ0) is 9.14. The van der Waals surface area contributed by atoms with Crippen molar-refractivity contribution in [3.63, 3.8) is 0 Å². The summed E-state index contributed by atoms with van der Waals surface area (Å²) in [6, 6.07) is 6.43. The van der Waals surface area contributed by atoms with E-state index >= 15 is 0 Å². The SMILES string of the molecule is Cc1ccc(C)c(CN(C)N)c1. The number of aryl methyl sites for hydroxylation is 2. The van der Waals surface area contributed by atoms with Crippen molar-refractivity contribution in [3.8, 4) is 0 Å². The Morgan fingerprint density at radius 2 is 2.00 bits per heavy atom. The van der Waals surface area contributed by atoms with Crippen LogP contribution in [0.5, 0.6) is 0 Å². The molecule has 12 heavy (non-hydrogen) atoms. The van der Waals surface area contributed by atoms with E-state index in [0.717, 1.165) is 6.54 Å². The fourth-order valence-electron chi connectivity index (χ4n) is 1.24. The lowest BCUT2D eigenvalue weighted by molar-refractivity contribution is 0.341. The summed E-state index contributed by atoms with van der Waals surface area (Å²) in [6.07, 6.45) is 0. The van der Waals surface area contributed by atoms with Gasteiger partial charge < -0.3 is 0 Å². The van der Waals surface area contributed by atoms with Crippen LogP contribution in [0.2, 0.25) is 0 Å². The number of hydrogen-bond donors (Lipinski definition) is 1. The van der Waals surface area contributed by atoms with E-state index in [1.54, 1.807) is 5.01 Å². The summed E-state index contributed by atoms with van der Waals surface area (Å²) in [5.41, 5.74) is 3.90. The minimum absolute atomic E-state index is 0.813. The van der Waals surface area contributed by atoms with E-state index < -0.39 is 0 Å². The van der Waals surface area contributed by atoms with Gasteiger partial charge in [0.05, 0.1) is 0 Å². The maximum atomic E-state index is 5.58. The first-order valence-corrected chi connectivity index (χ1v) is 4.11. The highest BCUT2D eigenvalue weighted by atomic mass is 15.4. The predicted octanol–water partition coefficient (Wildman–Crippen LogP) is 1.61. The molecule has 0 aromatic heterocycles. The zero-order valence-corrected chi connectivity index (χ0v) is 7.96. The molecular formula is C10H16N2. The highest BCUT2D eigenvalue weighted by Crippen LogP contribution is 2.11. The van der Waals surface area contributed by atoms with E-state index in [1.165, 1.54) is 16.7 Å². The summed E-state index contributed by atoms with van der Waals surface area (Å²) in [5.74, 6) is 5.58. The van der Waals surface area contributed by atoms with Crippen molar-refractivity contribution in [3.05, 3.63) is 34.9 Å². The minimum Gasteiger partial charge on any atom is -0.269 e. The van der Waals surface area contributed by atoms with Gasteiger partial charge in [-0.25, -0.2) is 5.01 Å². The molecule has 1 rings (SSSR count). The molecule has 0 radical (unpaired) electrons. The van der Waals surface area contributed by atoms with E-state index in [-0.39, 0.29) is 0 Å². The molecule has 0 atom stereocenters. The molecular weight excluding hydrogens is 148 g/mol. The van der Waals surface area contributed by atoms with Gasteiger partial charge in [0.1, 0.15) is 0 Å². The van der Waals surface area contributed by atoms with Gasteiger partial charge in [-0.2, -0.15) is 0 Å². The Bertz CT molecular complexity index is 267. The average molecular weight is 164 g/mol. The van der Waals surface area contributed by atoms with Crippen LogP contribution in [-0.2, 0) is 6.54 Å². The Hall–Kier alpha value is -0.860. The normalized spacial score (nSPS) is 10.8. The lowest BCUT2D eigenvalue weighted by Gasteiger charge is -2.12. The molecule has 66 valence electrons. The van der Waals surface area contributed by atoms with E-state index in [4.69, 9.17) is 5.84 Å². The van der Waals surface area contributed by atoms with Gasteiger partial charge in [-0.3, -0.25) is 5.84 Å². The predicted molar refractivity (Wildman–Crippen MR) is 51.6 cm³/mol. The molecule has 0 fully saturated rings. The summed E-state index contributed by atoms with van der Waals surface area (Å²) >= 11 is 0. The molecule has 0 heterocycles. The molecule has 0 bridgehead atoms. The second-order valence-corrected chi connectivity index (χ2v) is 3.35. The van der Waals surface area contributed by atoms with Gasteiger partial charge in [-0.05, 0) is 25.0 Å². The van der Waals surface area contributed by atoms with E-state index in [1.807, 2.05) is 7.05 Å². The fraction of sp³-hybridized carbons (Fsp3) is 0.400. The fourth-order valence-corrected chi connectivity index (χ4v) is 1.24. The van der Waals surface area contributed by atoms with Crippen molar-refractivity contribution >= 4 is 0 Å². The Balaban J connectivity index is 2.90. The highest BCUT2D eigenvalue weighted by molar-refractivity contribution is 5.30. The van der Waals surface area contributed by atoms with E-state index in [0.29, 0.717) is 0 Å². The maximum Gasteiger partial charge on any atom is 0.0378 e. The minimum atomic E-state index is 0.813. The summed E-state index contributed by atoms with van der Waals surface area (Å²) in [6.45, 7) is 5.02. The number of benzene rings is 1. The van der Waals surface area contributed by atoms with Crippen LogP contribution in [0.25, 0.3) is 0 Å². The third-order valence-electron chi connectivity index (χ3n) is 1.92. The van der Waals surface area contributed by atoms with Crippen molar-refractivity contribution < 1.29 is 0 Å².